The van der Waals surface area contributed by atoms with E-state index in [-0.39, 0.29) is 10.8 Å². The van der Waals surface area contributed by atoms with Gasteiger partial charge in [0.2, 0.25) is 5.01 Å². The van der Waals surface area contributed by atoms with E-state index in [1.54, 1.807) is 24.3 Å². The highest BCUT2D eigenvalue weighted by molar-refractivity contribution is 8.01. The van der Waals surface area contributed by atoms with Gasteiger partial charge in [-0.1, -0.05) is 58.4 Å². The first kappa shape index (κ1) is 18.8. The van der Waals surface area contributed by atoms with Crippen LogP contribution >= 0.6 is 46.3 Å². The molecule has 0 spiro atoms. The highest BCUT2D eigenvalue weighted by Gasteiger charge is 2.16. The van der Waals surface area contributed by atoms with Gasteiger partial charge in [-0.05, 0) is 19.1 Å². The van der Waals surface area contributed by atoms with E-state index < -0.39 is 5.91 Å². The summed E-state index contributed by atoms with van der Waals surface area (Å²) in [6.07, 6.45) is 2.96. The second-order valence-corrected chi connectivity index (χ2v) is 8.05. The van der Waals surface area contributed by atoms with E-state index in [9.17, 15) is 9.59 Å². The molecular weight excluding hydrogens is 415 g/mol. The highest BCUT2D eigenvalue weighted by Crippen LogP contribution is 2.38. The van der Waals surface area contributed by atoms with Gasteiger partial charge in [0.25, 0.3) is 5.91 Å². The lowest BCUT2D eigenvalue weighted by molar-refractivity contribution is 0.101. The largest absolute Gasteiger partial charge is 0.320 e. The van der Waals surface area contributed by atoms with Crippen LogP contribution in [0.1, 0.15) is 27.1 Å². The van der Waals surface area contributed by atoms with Crippen molar-refractivity contribution in [2.24, 2.45) is 0 Å². The molecule has 6 nitrogen and oxygen atoms in total. The Labute approximate surface area is 167 Å². The van der Waals surface area contributed by atoms with Gasteiger partial charge in [-0.25, -0.2) is 0 Å². The Bertz CT molecular complexity index is 974. The van der Waals surface area contributed by atoms with Crippen molar-refractivity contribution < 1.29 is 9.59 Å². The monoisotopic (exact) mass is 424 g/mol. The van der Waals surface area contributed by atoms with Gasteiger partial charge in [0.15, 0.2) is 10.1 Å². The minimum Gasteiger partial charge on any atom is -0.320 e. The molecule has 0 radical (unpaired) electrons. The summed E-state index contributed by atoms with van der Waals surface area (Å²) in [6, 6.07) is 6.67. The molecule has 3 rings (SSSR count). The van der Waals surface area contributed by atoms with Crippen LogP contribution in [-0.4, -0.2) is 26.9 Å². The normalized spacial score (nSPS) is 10.6. The third kappa shape index (κ3) is 4.39. The molecule has 0 saturated heterocycles. The average molecular weight is 425 g/mol. The maximum atomic E-state index is 12.3. The summed E-state index contributed by atoms with van der Waals surface area (Å²) in [5.74, 6) is -0.496. The molecule has 0 saturated carbocycles. The van der Waals surface area contributed by atoms with Crippen molar-refractivity contribution in [1.29, 1.82) is 0 Å². The molecule has 132 valence electrons. The second-order valence-electron chi connectivity index (χ2n) is 5.00. The first-order chi connectivity index (χ1) is 12.4. The predicted molar refractivity (Wildman–Crippen MR) is 103 cm³/mol. The van der Waals surface area contributed by atoms with Crippen molar-refractivity contribution in [3.05, 3.63) is 57.3 Å². The van der Waals surface area contributed by atoms with Crippen molar-refractivity contribution in [3.8, 4) is 0 Å². The number of nitrogens with one attached hydrogen (secondary N) is 1. The molecule has 1 amide bonds. The number of aromatic nitrogens is 3. The van der Waals surface area contributed by atoms with E-state index in [2.05, 4.69) is 20.5 Å². The van der Waals surface area contributed by atoms with Crippen molar-refractivity contribution in [1.82, 2.24) is 15.2 Å². The first-order valence-corrected chi connectivity index (χ1v) is 9.55. The minimum absolute atomic E-state index is 0.0817. The van der Waals surface area contributed by atoms with Crippen molar-refractivity contribution in [3.63, 3.8) is 0 Å². The number of pyridine rings is 1. The van der Waals surface area contributed by atoms with Gasteiger partial charge in [-0.15, -0.1) is 10.2 Å². The van der Waals surface area contributed by atoms with Crippen molar-refractivity contribution in [2.45, 2.75) is 16.2 Å². The number of carbonyl (C=O) groups excluding carboxylic acids is 2. The lowest BCUT2D eigenvalue weighted by atomic mass is 10.1. The Morgan fingerprint density at radius 2 is 1.88 bits per heavy atom. The maximum Gasteiger partial charge on any atom is 0.286 e. The van der Waals surface area contributed by atoms with Crippen LogP contribution in [-0.2, 0) is 0 Å². The molecule has 2 heterocycles. The van der Waals surface area contributed by atoms with Crippen LogP contribution < -0.4 is 5.32 Å². The van der Waals surface area contributed by atoms with Gasteiger partial charge in [0.1, 0.15) is 0 Å². The zero-order valence-corrected chi connectivity index (χ0v) is 16.3. The van der Waals surface area contributed by atoms with Gasteiger partial charge in [0, 0.05) is 23.6 Å². The van der Waals surface area contributed by atoms with Gasteiger partial charge in [-0.2, -0.15) is 0 Å². The Morgan fingerprint density at radius 1 is 1.15 bits per heavy atom. The number of ketones is 1. The number of carbonyl (C=O) groups is 2. The van der Waals surface area contributed by atoms with E-state index in [1.807, 2.05) is 0 Å². The maximum absolute atomic E-state index is 12.3. The summed E-state index contributed by atoms with van der Waals surface area (Å²) >= 11 is 14.5. The number of hydrogen-bond acceptors (Lipinski definition) is 7. The summed E-state index contributed by atoms with van der Waals surface area (Å²) in [7, 11) is 0. The molecule has 0 aliphatic rings. The number of Topliss-reactive ketones (excluding diaryl/α,β-unsaturated/α-hetero) is 1. The van der Waals surface area contributed by atoms with Gasteiger partial charge < -0.3 is 5.32 Å². The fourth-order valence-electron chi connectivity index (χ4n) is 1.93. The molecule has 1 aromatic carbocycles. The molecule has 0 fully saturated rings. The zero-order chi connectivity index (χ0) is 18.7. The molecule has 10 heteroatoms. The van der Waals surface area contributed by atoms with Crippen LogP contribution in [0.4, 0.5) is 5.69 Å². The standard InChI is InChI=1S/C16H10Cl2N4O2S2/c1-8(23)9-3-2-4-10(5-9)20-14(24)15-21-22-16(26-15)25-13-11(17)6-19-7-12(13)18/h2-7H,1H3,(H,20,24). The molecule has 0 unspecified atom stereocenters. The number of nitrogens with zero attached hydrogens (tertiary/aromatic N) is 3. The Balaban J connectivity index is 1.74. The SMILES string of the molecule is CC(=O)c1cccc(NC(=O)c2nnc(Sc3c(Cl)cncc3Cl)s2)c1. The molecular formula is C16H10Cl2N4O2S2. The summed E-state index contributed by atoms with van der Waals surface area (Å²) in [6.45, 7) is 1.46. The molecule has 0 bridgehead atoms. The fraction of sp³-hybridized carbons (Fsp3) is 0.0625. The molecule has 1 N–H and O–H groups in total. The van der Waals surface area contributed by atoms with E-state index in [4.69, 9.17) is 23.2 Å². The summed E-state index contributed by atoms with van der Waals surface area (Å²) in [5.41, 5.74) is 1.02. The summed E-state index contributed by atoms with van der Waals surface area (Å²) in [5, 5.41) is 11.5. The second kappa shape index (κ2) is 8.13. The quantitative estimate of drug-likeness (QED) is 0.589. The number of hydrogen-bond donors (Lipinski definition) is 1. The van der Waals surface area contributed by atoms with E-state index in [0.717, 1.165) is 11.3 Å². The van der Waals surface area contributed by atoms with Crippen molar-refractivity contribution >= 4 is 63.7 Å². The third-order valence-electron chi connectivity index (χ3n) is 3.13. The van der Waals surface area contributed by atoms with Crippen LogP contribution in [0.2, 0.25) is 10.0 Å². The topological polar surface area (TPSA) is 84.8 Å². The van der Waals surface area contributed by atoms with Crippen LogP contribution in [0.3, 0.4) is 0 Å². The molecule has 3 aromatic rings. The molecule has 0 atom stereocenters. The van der Waals surface area contributed by atoms with Gasteiger partial charge in [0.05, 0.1) is 14.9 Å². The van der Waals surface area contributed by atoms with Crippen LogP contribution in [0.5, 0.6) is 0 Å². The smallest absolute Gasteiger partial charge is 0.286 e. The first-order valence-electron chi connectivity index (χ1n) is 7.17. The number of halogens is 2. The Morgan fingerprint density at radius 3 is 2.58 bits per heavy atom. The summed E-state index contributed by atoms with van der Waals surface area (Å²) < 4.78 is 0.516. The Kier molecular flexibility index (Phi) is 5.87. The van der Waals surface area contributed by atoms with Crippen LogP contribution in [0.15, 0.2) is 45.9 Å². The van der Waals surface area contributed by atoms with E-state index in [0.29, 0.717) is 30.5 Å². The van der Waals surface area contributed by atoms with Crippen LogP contribution in [0.25, 0.3) is 0 Å². The highest BCUT2D eigenvalue weighted by atomic mass is 35.5. The van der Waals surface area contributed by atoms with Crippen LogP contribution in [0, 0.1) is 0 Å². The molecule has 0 aliphatic carbocycles. The van der Waals surface area contributed by atoms with E-state index >= 15 is 0 Å². The molecule has 2 aromatic heterocycles. The minimum atomic E-state index is -0.415. The predicted octanol–water partition coefficient (Wildman–Crippen LogP) is 4.85. The number of anilines is 1. The average Bonchev–Trinajstić information content (AvgIpc) is 3.07. The van der Waals surface area contributed by atoms with E-state index in [1.165, 1.54) is 31.1 Å². The fourth-order valence-corrected chi connectivity index (χ4v) is 4.21. The zero-order valence-electron chi connectivity index (χ0n) is 13.2. The number of benzene rings is 1. The molecule has 26 heavy (non-hydrogen) atoms. The lowest BCUT2D eigenvalue weighted by Crippen LogP contribution is -2.12. The number of amides is 1. The Hall–Kier alpha value is -2.00. The molecule has 0 aliphatic heterocycles. The lowest BCUT2D eigenvalue weighted by Gasteiger charge is -2.04. The third-order valence-corrected chi connectivity index (χ3v) is 6.04. The van der Waals surface area contributed by atoms with Gasteiger partial charge in [-0.3, -0.25) is 14.6 Å². The van der Waals surface area contributed by atoms with Crippen molar-refractivity contribution in [2.75, 3.05) is 5.32 Å². The number of rotatable bonds is 5. The summed E-state index contributed by atoms with van der Waals surface area (Å²) in [4.78, 5) is 28.2. The van der Waals surface area contributed by atoms with Gasteiger partial charge >= 0.3 is 0 Å².